The van der Waals surface area contributed by atoms with Crippen LogP contribution in [-0.2, 0) is 6.42 Å². The first kappa shape index (κ1) is 11.2. The van der Waals surface area contributed by atoms with Gasteiger partial charge in [0.15, 0.2) is 0 Å². The molecule has 1 aromatic heterocycles. The summed E-state index contributed by atoms with van der Waals surface area (Å²) in [6.45, 7) is 7.92. The fraction of sp³-hybridized carbons (Fsp3) is 0.600. The summed E-state index contributed by atoms with van der Waals surface area (Å²) in [4.78, 5) is 7.99. The summed E-state index contributed by atoms with van der Waals surface area (Å²) >= 11 is 5.93. The Morgan fingerprint density at radius 1 is 1.36 bits per heavy atom. The summed E-state index contributed by atoms with van der Waals surface area (Å²) in [5.41, 5.74) is 0.603. The zero-order valence-corrected chi connectivity index (χ0v) is 9.72. The van der Waals surface area contributed by atoms with Crippen molar-refractivity contribution in [1.29, 1.82) is 0 Å². The van der Waals surface area contributed by atoms with Crippen LogP contribution in [0.1, 0.15) is 33.3 Å². The first-order chi connectivity index (χ1) is 6.44. The molecule has 0 saturated carbocycles. The van der Waals surface area contributed by atoms with Gasteiger partial charge >= 0.3 is 0 Å². The van der Waals surface area contributed by atoms with Crippen LogP contribution in [0.25, 0.3) is 0 Å². The number of aromatic nitrogens is 2. The summed E-state index contributed by atoms with van der Waals surface area (Å²) in [5, 5.41) is 0.474. The maximum absolute atomic E-state index is 5.93. The molecular formula is C10H15ClN2O. The quantitative estimate of drug-likeness (QED) is 0.711. The molecule has 0 spiro atoms. The van der Waals surface area contributed by atoms with Crippen molar-refractivity contribution >= 4 is 11.6 Å². The minimum Gasteiger partial charge on any atom is -0.472 e. The van der Waals surface area contributed by atoms with Crippen LogP contribution in [0.5, 0.6) is 5.88 Å². The standard InChI is InChI=1S/C10H15ClN2O/c1-5-7-8(11)12-6-13-9(7)14-10(2,3)4/h6H,5H2,1-4H3. The lowest BCUT2D eigenvalue weighted by molar-refractivity contribution is 0.122. The Morgan fingerprint density at radius 3 is 2.50 bits per heavy atom. The van der Waals surface area contributed by atoms with Gasteiger partial charge in [-0.2, -0.15) is 0 Å². The minimum atomic E-state index is -0.262. The number of ether oxygens (including phenoxy) is 1. The molecule has 1 rings (SSSR count). The smallest absolute Gasteiger partial charge is 0.221 e. The van der Waals surface area contributed by atoms with Crippen LogP contribution in [0.15, 0.2) is 6.33 Å². The van der Waals surface area contributed by atoms with Gasteiger partial charge in [0.1, 0.15) is 17.1 Å². The van der Waals surface area contributed by atoms with Crippen molar-refractivity contribution < 1.29 is 4.74 Å². The number of halogens is 1. The third-order valence-electron chi connectivity index (χ3n) is 1.61. The molecule has 1 aromatic rings. The molecule has 3 nitrogen and oxygen atoms in total. The Kier molecular flexibility index (Phi) is 3.32. The number of nitrogens with zero attached hydrogens (tertiary/aromatic N) is 2. The van der Waals surface area contributed by atoms with Gasteiger partial charge in [-0.05, 0) is 27.2 Å². The molecule has 0 aliphatic heterocycles. The van der Waals surface area contributed by atoms with Crippen molar-refractivity contribution in [3.63, 3.8) is 0 Å². The summed E-state index contributed by atoms with van der Waals surface area (Å²) in [6, 6.07) is 0. The molecule has 0 radical (unpaired) electrons. The summed E-state index contributed by atoms with van der Waals surface area (Å²) in [6.07, 6.45) is 2.19. The number of rotatable bonds is 2. The molecule has 0 fully saturated rings. The van der Waals surface area contributed by atoms with Crippen LogP contribution < -0.4 is 4.74 Å². The topological polar surface area (TPSA) is 35.0 Å². The van der Waals surface area contributed by atoms with E-state index in [2.05, 4.69) is 9.97 Å². The largest absolute Gasteiger partial charge is 0.472 e. The first-order valence-electron chi connectivity index (χ1n) is 4.62. The van der Waals surface area contributed by atoms with Gasteiger partial charge in [-0.15, -0.1) is 0 Å². The van der Waals surface area contributed by atoms with E-state index in [1.807, 2.05) is 27.7 Å². The highest BCUT2D eigenvalue weighted by molar-refractivity contribution is 6.30. The second-order valence-electron chi connectivity index (χ2n) is 4.02. The Labute approximate surface area is 89.5 Å². The van der Waals surface area contributed by atoms with Crippen LogP contribution in [0, 0.1) is 0 Å². The van der Waals surface area contributed by atoms with E-state index in [1.165, 1.54) is 6.33 Å². The molecule has 0 saturated heterocycles. The van der Waals surface area contributed by atoms with Crippen molar-refractivity contribution in [1.82, 2.24) is 9.97 Å². The highest BCUT2D eigenvalue weighted by Crippen LogP contribution is 2.25. The highest BCUT2D eigenvalue weighted by Gasteiger charge is 2.17. The van der Waals surface area contributed by atoms with Gasteiger partial charge in [0.05, 0.1) is 5.56 Å². The average molecular weight is 215 g/mol. The zero-order valence-electron chi connectivity index (χ0n) is 8.97. The van der Waals surface area contributed by atoms with Crippen molar-refractivity contribution in [2.24, 2.45) is 0 Å². The van der Waals surface area contributed by atoms with Crippen molar-refractivity contribution in [3.05, 3.63) is 17.0 Å². The minimum absolute atomic E-state index is 0.262. The van der Waals surface area contributed by atoms with Crippen LogP contribution in [0.4, 0.5) is 0 Å². The van der Waals surface area contributed by atoms with Gasteiger partial charge in [0.2, 0.25) is 5.88 Å². The number of hydrogen-bond donors (Lipinski definition) is 0. The van der Waals surface area contributed by atoms with Gasteiger partial charge < -0.3 is 4.74 Å². The van der Waals surface area contributed by atoms with Crippen LogP contribution in [0.2, 0.25) is 5.15 Å². The molecule has 14 heavy (non-hydrogen) atoms. The van der Waals surface area contributed by atoms with E-state index in [4.69, 9.17) is 16.3 Å². The molecule has 0 N–H and O–H groups in total. The van der Waals surface area contributed by atoms with E-state index in [0.29, 0.717) is 11.0 Å². The zero-order chi connectivity index (χ0) is 10.8. The van der Waals surface area contributed by atoms with Gasteiger partial charge in [-0.3, -0.25) is 0 Å². The Hall–Kier alpha value is -0.830. The van der Waals surface area contributed by atoms with Gasteiger partial charge in [0.25, 0.3) is 0 Å². The van der Waals surface area contributed by atoms with Crippen molar-refractivity contribution in [3.8, 4) is 5.88 Å². The molecule has 0 atom stereocenters. The molecule has 0 bridgehead atoms. The molecule has 0 aliphatic carbocycles. The molecular weight excluding hydrogens is 200 g/mol. The van der Waals surface area contributed by atoms with Gasteiger partial charge in [-0.25, -0.2) is 9.97 Å². The fourth-order valence-corrected chi connectivity index (χ4v) is 1.31. The first-order valence-corrected chi connectivity index (χ1v) is 5.00. The van der Waals surface area contributed by atoms with Crippen LogP contribution in [0.3, 0.4) is 0 Å². The van der Waals surface area contributed by atoms with E-state index in [1.54, 1.807) is 0 Å². The normalized spacial score (nSPS) is 11.5. The van der Waals surface area contributed by atoms with E-state index in [-0.39, 0.29) is 5.60 Å². The Balaban J connectivity index is 3.02. The summed E-state index contributed by atoms with van der Waals surface area (Å²) in [7, 11) is 0. The average Bonchev–Trinajstić information content (AvgIpc) is 2.01. The molecule has 4 heteroatoms. The monoisotopic (exact) mass is 214 g/mol. The van der Waals surface area contributed by atoms with E-state index in [9.17, 15) is 0 Å². The summed E-state index contributed by atoms with van der Waals surface area (Å²) in [5.74, 6) is 0.583. The third kappa shape index (κ3) is 2.84. The van der Waals surface area contributed by atoms with E-state index >= 15 is 0 Å². The van der Waals surface area contributed by atoms with E-state index < -0.39 is 0 Å². The van der Waals surface area contributed by atoms with Crippen LogP contribution >= 0.6 is 11.6 Å². The number of hydrogen-bond acceptors (Lipinski definition) is 3. The summed E-state index contributed by atoms with van der Waals surface area (Å²) < 4.78 is 5.67. The molecule has 0 amide bonds. The van der Waals surface area contributed by atoms with Crippen LogP contribution in [-0.4, -0.2) is 15.6 Å². The van der Waals surface area contributed by atoms with E-state index in [0.717, 1.165) is 12.0 Å². The van der Waals surface area contributed by atoms with Crippen molar-refractivity contribution in [2.75, 3.05) is 0 Å². The second kappa shape index (κ2) is 4.13. The fourth-order valence-electron chi connectivity index (χ4n) is 1.05. The second-order valence-corrected chi connectivity index (χ2v) is 4.37. The third-order valence-corrected chi connectivity index (χ3v) is 1.94. The SMILES string of the molecule is CCc1c(Cl)ncnc1OC(C)(C)C. The van der Waals surface area contributed by atoms with Gasteiger partial charge in [0, 0.05) is 0 Å². The molecule has 0 aliphatic rings. The lowest BCUT2D eigenvalue weighted by atomic mass is 10.2. The van der Waals surface area contributed by atoms with Crippen molar-refractivity contribution in [2.45, 2.75) is 39.7 Å². The highest BCUT2D eigenvalue weighted by atomic mass is 35.5. The Bertz CT molecular complexity index is 320. The lowest BCUT2D eigenvalue weighted by Gasteiger charge is -2.21. The maximum atomic E-state index is 5.93. The lowest BCUT2D eigenvalue weighted by Crippen LogP contribution is -2.24. The molecule has 1 heterocycles. The Morgan fingerprint density at radius 2 is 2.00 bits per heavy atom. The molecule has 78 valence electrons. The molecule has 0 unspecified atom stereocenters. The maximum Gasteiger partial charge on any atom is 0.221 e. The predicted molar refractivity (Wildman–Crippen MR) is 56.8 cm³/mol. The predicted octanol–water partition coefficient (Wildman–Crippen LogP) is 2.87. The van der Waals surface area contributed by atoms with Gasteiger partial charge in [-0.1, -0.05) is 18.5 Å². The molecule has 0 aromatic carbocycles.